The first-order valence-corrected chi connectivity index (χ1v) is 5.35. The van der Waals surface area contributed by atoms with E-state index >= 15 is 0 Å². The van der Waals surface area contributed by atoms with Crippen molar-refractivity contribution in [1.29, 1.82) is 0 Å². The van der Waals surface area contributed by atoms with Gasteiger partial charge in [-0.2, -0.15) is 0 Å². The summed E-state index contributed by atoms with van der Waals surface area (Å²) in [5.41, 5.74) is 0. The molecule has 7 heteroatoms. The van der Waals surface area contributed by atoms with Gasteiger partial charge in [0.05, 0.1) is 0 Å². The molecule has 1 aliphatic carbocycles. The molecule has 13 heavy (non-hydrogen) atoms. The Kier molecular flexibility index (Phi) is 14.6. The van der Waals surface area contributed by atoms with Crippen LogP contribution in [0.3, 0.4) is 0 Å². The lowest BCUT2D eigenvalue weighted by Crippen LogP contribution is -1.85. The molecule has 1 saturated carbocycles. The van der Waals surface area contributed by atoms with Gasteiger partial charge in [-0.25, -0.2) is 4.57 Å². The Morgan fingerprint density at radius 3 is 0.846 bits per heavy atom. The van der Waals surface area contributed by atoms with Gasteiger partial charge in [-0.15, -0.1) is 0 Å². The quantitative estimate of drug-likeness (QED) is 0.389. The topological polar surface area (TPSA) is 148 Å². The molecule has 0 spiro atoms. The summed E-state index contributed by atoms with van der Waals surface area (Å²) in [6.45, 7) is 0. The Labute approximate surface area is 78.8 Å². The molecule has 0 amide bonds. The van der Waals surface area contributed by atoms with Crippen LogP contribution in [0.2, 0.25) is 0 Å². The molecule has 0 radical (unpaired) electrons. The lowest BCUT2D eigenvalue weighted by molar-refractivity contribution is 0.275. The highest BCUT2D eigenvalue weighted by Crippen LogP contribution is 2.25. The van der Waals surface area contributed by atoms with E-state index in [1.165, 1.54) is 38.5 Å². The monoisotopic (exact) mass is 216 g/mol. The zero-order valence-electron chi connectivity index (χ0n) is 7.85. The third-order valence-corrected chi connectivity index (χ3v) is 1.50. The predicted molar refractivity (Wildman–Crippen MR) is 52.0 cm³/mol. The van der Waals surface area contributed by atoms with Crippen LogP contribution in [0.15, 0.2) is 0 Å². The van der Waals surface area contributed by atoms with Gasteiger partial charge in [-0.3, -0.25) is 0 Å². The summed E-state index contributed by atoms with van der Waals surface area (Å²) in [5.74, 6) is 0. The second-order valence-corrected chi connectivity index (χ2v) is 3.66. The van der Waals surface area contributed by atoms with Crippen LogP contribution in [-0.2, 0) is 4.57 Å². The Bertz CT molecular complexity index is 115. The number of rotatable bonds is 0. The highest BCUT2D eigenvalue weighted by molar-refractivity contribution is 7.45. The standard InChI is InChI=1S/C6H12.2H3N.H3O4P/c1-2-4-6-5-3-1;;;1-5(2,3)4/h1-6H2;2*1H3;(H3,1,2,3,4). The molecule has 0 aromatic heterocycles. The minimum Gasteiger partial charge on any atom is -0.344 e. The Hall–Kier alpha value is 0.0300. The molecule has 0 aromatic rings. The van der Waals surface area contributed by atoms with Gasteiger partial charge < -0.3 is 27.0 Å². The first kappa shape index (κ1) is 18.7. The van der Waals surface area contributed by atoms with Crippen molar-refractivity contribution in [2.24, 2.45) is 0 Å². The number of phosphoric acid groups is 1. The molecule has 84 valence electrons. The van der Waals surface area contributed by atoms with Gasteiger partial charge in [0.2, 0.25) is 0 Å². The van der Waals surface area contributed by atoms with Crippen LogP contribution < -0.4 is 12.3 Å². The molecule has 1 fully saturated rings. The average molecular weight is 216 g/mol. The van der Waals surface area contributed by atoms with E-state index in [9.17, 15) is 0 Å². The SMILES string of the molecule is C1CCCCC1.N.N.O=P(O)(O)O. The van der Waals surface area contributed by atoms with E-state index in [4.69, 9.17) is 19.2 Å². The van der Waals surface area contributed by atoms with Crippen LogP contribution in [-0.4, -0.2) is 14.7 Å². The van der Waals surface area contributed by atoms with E-state index in [0.29, 0.717) is 0 Å². The molecule has 9 N–H and O–H groups in total. The van der Waals surface area contributed by atoms with Crippen molar-refractivity contribution in [3.63, 3.8) is 0 Å². The maximum atomic E-state index is 8.88. The molecule has 0 saturated heterocycles. The van der Waals surface area contributed by atoms with Crippen molar-refractivity contribution in [1.82, 2.24) is 12.3 Å². The second kappa shape index (κ2) is 10.1. The average Bonchev–Trinajstić information content (AvgIpc) is 1.88. The molecule has 0 bridgehead atoms. The first-order chi connectivity index (χ1) is 5.00. The summed E-state index contributed by atoms with van der Waals surface area (Å²) in [6, 6.07) is 0. The molecule has 0 aliphatic heterocycles. The molecule has 1 rings (SSSR count). The van der Waals surface area contributed by atoms with Crippen molar-refractivity contribution in [2.75, 3.05) is 0 Å². The highest BCUT2D eigenvalue weighted by atomic mass is 31.2. The Morgan fingerprint density at radius 2 is 0.769 bits per heavy atom. The van der Waals surface area contributed by atoms with E-state index in [-0.39, 0.29) is 12.3 Å². The van der Waals surface area contributed by atoms with Crippen LogP contribution >= 0.6 is 7.82 Å². The normalized spacial score (nSPS) is 15.6. The van der Waals surface area contributed by atoms with Gasteiger partial charge in [0.1, 0.15) is 0 Å². The molecule has 6 nitrogen and oxygen atoms in total. The number of hydrogen-bond acceptors (Lipinski definition) is 3. The van der Waals surface area contributed by atoms with Gasteiger partial charge in [0, 0.05) is 0 Å². The lowest BCUT2D eigenvalue weighted by atomic mass is 10.0. The maximum Gasteiger partial charge on any atom is 0.466 e. The fraction of sp³-hybridized carbons (Fsp3) is 1.00. The minimum absolute atomic E-state index is 0. The van der Waals surface area contributed by atoms with Crippen LogP contribution in [0.4, 0.5) is 0 Å². The largest absolute Gasteiger partial charge is 0.466 e. The van der Waals surface area contributed by atoms with Gasteiger partial charge in [0.15, 0.2) is 0 Å². The summed E-state index contributed by atoms with van der Waals surface area (Å²) < 4.78 is 8.88. The zero-order chi connectivity index (χ0) is 8.74. The molecular weight excluding hydrogens is 195 g/mol. The lowest BCUT2D eigenvalue weighted by Gasteiger charge is -2.05. The van der Waals surface area contributed by atoms with Crippen LogP contribution in [0.5, 0.6) is 0 Å². The summed E-state index contributed by atoms with van der Waals surface area (Å²) >= 11 is 0. The van der Waals surface area contributed by atoms with Crippen molar-refractivity contribution < 1.29 is 19.2 Å². The summed E-state index contributed by atoms with van der Waals surface area (Å²) in [6.07, 6.45) is 9.00. The molecule has 0 aromatic carbocycles. The van der Waals surface area contributed by atoms with Gasteiger partial charge in [-0.1, -0.05) is 38.5 Å². The molecule has 0 unspecified atom stereocenters. The zero-order valence-corrected chi connectivity index (χ0v) is 8.75. The van der Waals surface area contributed by atoms with E-state index in [0.717, 1.165) is 0 Å². The molecule has 0 heterocycles. The van der Waals surface area contributed by atoms with Crippen molar-refractivity contribution >= 4 is 7.82 Å². The third-order valence-electron chi connectivity index (χ3n) is 1.50. The smallest absolute Gasteiger partial charge is 0.344 e. The molecular formula is C6H21N2O4P. The fourth-order valence-corrected chi connectivity index (χ4v) is 1.06. The molecule has 0 atom stereocenters. The van der Waals surface area contributed by atoms with Crippen LogP contribution in [0, 0.1) is 0 Å². The van der Waals surface area contributed by atoms with E-state index < -0.39 is 7.82 Å². The second-order valence-electron chi connectivity index (χ2n) is 2.63. The first-order valence-electron chi connectivity index (χ1n) is 3.78. The highest BCUT2D eigenvalue weighted by Gasteiger charge is 2.00. The van der Waals surface area contributed by atoms with Gasteiger partial charge >= 0.3 is 7.82 Å². The van der Waals surface area contributed by atoms with Gasteiger partial charge in [-0.05, 0) is 0 Å². The molecule has 1 aliphatic rings. The third kappa shape index (κ3) is 33.3. The summed E-state index contributed by atoms with van der Waals surface area (Å²) in [5, 5.41) is 0. The van der Waals surface area contributed by atoms with Crippen LogP contribution in [0.1, 0.15) is 38.5 Å². The fourth-order valence-electron chi connectivity index (χ4n) is 1.06. The predicted octanol–water partition coefficient (Wildman–Crippen LogP) is 1.74. The Balaban J connectivity index is -0.000000136. The minimum atomic E-state index is -4.64. The van der Waals surface area contributed by atoms with Crippen molar-refractivity contribution in [2.45, 2.75) is 38.5 Å². The van der Waals surface area contributed by atoms with Crippen molar-refractivity contribution in [3.05, 3.63) is 0 Å². The van der Waals surface area contributed by atoms with E-state index in [1.807, 2.05) is 0 Å². The number of hydrogen-bond donors (Lipinski definition) is 5. The maximum absolute atomic E-state index is 8.88. The van der Waals surface area contributed by atoms with Crippen LogP contribution in [0.25, 0.3) is 0 Å². The van der Waals surface area contributed by atoms with Crippen molar-refractivity contribution in [3.8, 4) is 0 Å². The van der Waals surface area contributed by atoms with Gasteiger partial charge in [0.25, 0.3) is 0 Å². The Morgan fingerprint density at radius 1 is 0.692 bits per heavy atom. The van der Waals surface area contributed by atoms with E-state index in [1.54, 1.807) is 0 Å². The summed E-state index contributed by atoms with van der Waals surface area (Å²) in [7, 11) is -4.64. The summed E-state index contributed by atoms with van der Waals surface area (Å²) in [4.78, 5) is 21.6. The van der Waals surface area contributed by atoms with E-state index in [2.05, 4.69) is 0 Å².